The maximum absolute atomic E-state index is 13.4. The monoisotopic (exact) mass is 457 g/mol. The number of anilines is 1. The maximum Gasteiger partial charge on any atom is 0.232 e. The highest BCUT2D eigenvalue weighted by Crippen LogP contribution is 2.32. The van der Waals surface area contributed by atoms with Crippen molar-refractivity contribution in [3.63, 3.8) is 0 Å². The lowest BCUT2D eigenvalue weighted by Crippen LogP contribution is -2.24. The third-order valence-electron chi connectivity index (χ3n) is 5.16. The van der Waals surface area contributed by atoms with Gasteiger partial charge in [0.1, 0.15) is 5.82 Å². The number of benzene rings is 2. The van der Waals surface area contributed by atoms with E-state index in [2.05, 4.69) is 45.1 Å². The highest BCUT2D eigenvalue weighted by molar-refractivity contribution is 9.10. The first kappa shape index (κ1) is 19.8. The SMILES string of the molecule is CCCCc1ccc(N2CC(c3nc(-c4ccc(F)c(Br)c4)no3)CC2=O)cc1. The van der Waals surface area contributed by atoms with Crippen LogP contribution in [0.3, 0.4) is 0 Å². The zero-order valence-corrected chi connectivity index (χ0v) is 17.7. The van der Waals surface area contributed by atoms with Crippen molar-refractivity contribution in [3.8, 4) is 11.4 Å². The Kier molecular flexibility index (Phi) is 5.76. The molecule has 0 N–H and O–H groups in total. The van der Waals surface area contributed by atoms with Crippen LogP contribution in [0.25, 0.3) is 11.4 Å². The first-order chi connectivity index (χ1) is 14.0. The molecule has 29 heavy (non-hydrogen) atoms. The summed E-state index contributed by atoms with van der Waals surface area (Å²) in [4.78, 5) is 18.8. The van der Waals surface area contributed by atoms with Crippen LogP contribution in [0, 0.1) is 5.82 Å². The minimum Gasteiger partial charge on any atom is -0.339 e. The van der Waals surface area contributed by atoms with Crippen LogP contribution in [0.5, 0.6) is 0 Å². The first-order valence-corrected chi connectivity index (χ1v) is 10.5. The van der Waals surface area contributed by atoms with E-state index in [1.807, 2.05) is 12.1 Å². The minimum absolute atomic E-state index is 0.0422. The zero-order valence-electron chi connectivity index (χ0n) is 16.1. The van der Waals surface area contributed by atoms with Gasteiger partial charge in [-0.2, -0.15) is 4.98 Å². The second-order valence-electron chi connectivity index (χ2n) is 7.26. The molecule has 0 aliphatic carbocycles. The number of rotatable bonds is 6. The lowest BCUT2D eigenvalue weighted by molar-refractivity contribution is -0.117. The van der Waals surface area contributed by atoms with E-state index in [1.54, 1.807) is 17.0 Å². The fourth-order valence-electron chi connectivity index (χ4n) is 3.50. The van der Waals surface area contributed by atoms with Crippen LogP contribution in [-0.4, -0.2) is 22.6 Å². The van der Waals surface area contributed by atoms with Crippen LogP contribution < -0.4 is 4.90 Å². The van der Waals surface area contributed by atoms with Gasteiger partial charge in [-0.1, -0.05) is 30.6 Å². The van der Waals surface area contributed by atoms with Crippen LogP contribution in [0.2, 0.25) is 0 Å². The normalized spacial score (nSPS) is 16.6. The Hall–Kier alpha value is -2.54. The molecule has 1 aliphatic rings. The van der Waals surface area contributed by atoms with Gasteiger partial charge in [-0.25, -0.2) is 4.39 Å². The third-order valence-corrected chi connectivity index (χ3v) is 5.77. The predicted octanol–water partition coefficient (Wildman–Crippen LogP) is 5.50. The molecule has 2 heterocycles. The van der Waals surface area contributed by atoms with Crippen molar-refractivity contribution in [2.24, 2.45) is 0 Å². The number of aromatic nitrogens is 2. The highest BCUT2D eigenvalue weighted by atomic mass is 79.9. The summed E-state index contributed by atoms with van der Waals surface area (Å²) in [5.74, 6) is 0.339. The molecule has 1 aliphatic heterocycles. The molecule has 1 unspecified atom stereocenters. The Bertz CT molecular complexity index is 1020. The van der Waals surface area contributed by atoms with Gasteiger partial charge in [0.05, 0.1) is 10.4 Å². The largest absolute Gasteiger partial charge is 0.339 e. The summed E-state index contributed by atoms with van der Waals surface area (Å²) in [7, 11) is 0. The van der Waals surface area contributed by atoms with Crippen LogP contribution in [-0.2, 0) is 11.2 Å². The van der Waals surface area contributed by atoms with Crippen molar-refractivity contribution in [2.45, 2.75) is 38.5 Å². The number of hydrogen-bond donors (Lipinski definition) is 0. The quantitative estimate of drug-likeness (QED) is 0.490. The molecule has 0 bridgehead atoms. The fourth-order valence-corrected chi connectivity index (χ4v) is 3.88. The average Bonchev–Trinajstić information content (AvgIpc) is 3.36. The van der Waals surface area contributed by atoms with Crippen molar-refractivity contribution in [1.82, 2.24) is 10.1 Å². The Morgan fingerprint density at radius 2 is 2.03 bits per heavy atom. The summed E-state index contributed by atoms with van der Waals surface area (Å²) in [6.07, 6.45) is 3.70. The van der Waals surface area contributed by atoms with E-state index in [0.29, 0.717) is 34.7 Å². The molecule has 1 aromatic heterocycles. The van der Waals surface area contributed by atoms with E-state index in [-0.39, 0.29) is 17.6 Å². The number of aryl methyl sites for hydroxylation is 1. The summed E-state index contributed by atoms with van der Waals surface area (Å²) >= 11 is 3.16. The molecule has 0 spiro atoms. The Morgan fingerprint density at radius 3 is 2.76 bits per heavy atom. The van der Waals surface area contributed by atoms with Gasteiger partial charge in [0.25, 0.3) is 0 Å². The van der Waals surface area contributed by atoms with Crippen molar-refractivity contribution < 1.29 is 13.7 Å². The topological polar surface area (TPSA) is 59.2 Å². The molecule has 4 rings (SSSR count). The predicted molar refractivity (Wildman–Crippen MR) is 112 cm³/mol. The van der Waals surface area contributed by atoms with E-state index in [1.165, 1.54) is 11.6 Å². The van der Waals surface area contributed by atoms with E-state index in [9.17, 15) is 9.18 Å². The lowest BCUT2D eigenvalue weighted by atomic mass is 10.1. The molecular formula is C22H21BrFN3O2. The van der Waals surface area contributed by atoms with E-state index >= 15 is 0 Å². The molecule has 0 saturated carbocycles. The van der Waals surface area contributed by atoms with E-state index in [0.717, 1.165) is 24.9 Å². The summed E-state index contributed by atoms with van der Waals surface area (Å²) < 4.78 is 19.2. The zero-order chi connectivity index (χ0) is 20.4. The third kappa shape index (κ3) is 4.24. The van der Waals surface area contributed by atoms with Crippen molar-refractivity contribution in [2.75, 3.05) is 11.4 Å². The standard InChI is InChI=1S/C22H21BrFN3O2/c1-2-3-4-14-5-8-17(9-6-14)27-13-16(12-20(27)28)22-25-21(26-29-22)15-7-10-19(24)18(23)11-15/h5-11,16H,2-4,12-13H2,1H3. The van der Waals surface area contributed by atoms with E-state index < -0.39 is 0 Å². The van der Waals surface area contributed by atoms with Crippen LogP contribution in [0.1, 0.15) is 43.6 Å². The second-order valence-corrected chi connectivity index (χ2v) is 8.11. The summed E-state index contributed by atoms with van der Waals surface area (Å²) in [5.41, 5.74) is 2.82. The molecule has 0 radical (unpaired) electrons. The van der Waals surface area contributed by atoms with Gasteiger partial charge in [0.15, 0.2) is 0 Å². The number of carbonyl (C=O) groups excluding carboxylic acids is 1. The Morgan fingerprint density at radius 1 is 1.24 bits per heavy atom. The summed E-state index contributed by atoms with van der Waals surface area (Å²) in [5, 5.41) is 4.01. The van der Waals surface area contributed by atoms with Crippen LogP contribution in [0.15, 0.2) is 51.5 Å². The van der Waals surface area contributed by atoms with Crippen LogP contribution >= 0.6 is 15.9 Å². The number of halogens is 2. The van der Waals surface area contributed by atoms with Gasteiger partial charge >= 0.3 is 0 Å². The number of nitrogens with zero attached hydrogens (tertiary/aromatic N) is 3. The van der Waals surface area contributed by atoms with Gasteiger partial charge in [-0.05, 0) is 64.7 Å². The molecule has 1 atom stereocenters. The summed E-state index contributed by atoms with van der Waals surface area (Å²) in [6.45, 7) is 2.68. The van der Waals surface area contributed by atoms with Gasteiger partial charge < -0.3 is 9.42 Å². The number of amides is 1. The van der Waals surface area contributed by atoms with Crippen LogP contribution in [0.4, 0.5) is 10.1 Å². The molecule has 2 aromatic carbocycles. The van der Waals surface area contributed by atoms with Crippen molar-refractivity contribution in [3.05, 3.63) is 64.2 Å². The molecule has 3 aromatic rings. The van der Waals surface area contributed by atoms with Gasteiger partial charge in [0, 0.05) is 24.2 Å². The smallest absolute Gasteiger partial charge is 0.232 e. The Balaban J connectivity index is 1.48. The maximum atomic E-state index is 13.4. The molecule has 150 valence electrons. The number of unbranched alkanes of at least 4 members (excludes halogenated alkanes) is 1. The molecule has 5 nitrogen and oxygen atoms in total. The number of carbonyl (C=O) groups is 1. The van der Waals surface area contributed by atoms with Gasteiger partial charge in [-0.15, -0.1) is 0 Å². The molecule has 1 saturated heterocycles. The number of hydrogen-bond acceptors (Lipinski definition) is 4. The van der Waals surface area contributed by atoms with Crippen molar-refractivity contribution >= 4 is 27.5 Å². The average molecular weight is 458 g/mol. The minimum atomic E-state index is -0.352. The van der Waals surface area contributed by atoms with Gasteiger partial charge in [-0.3, -0.25) is 4.79 Å². The van der Waals surface area contributed by atoms with Gasteiger partial charge in [0.2, 0.25) is 17.6 Å². The molecular weight excluding hydrogens is 437 g/mol. The molecule has 7 heteroatoms. The highest BCUT2D eigenvalue weighted by Gasteiger charge is 2.35. The second kappa shape index (κ2) is 8.45. The first-order valence-electron chi connectivity index (χ1n) is 9.73. The molecule has 1 fully saturated rings. The van der Waals surface area contributed by atoms with E-state index in [4.69, 9.17) is 4.52 Å². The molecule has 1 amide bonds. The fraction of sp³-hybridized carbons (Fsp3) is 0.318. The Labute approximate surface area is 177 Å². The van der Waals surface area contributed by atoms with Crippen molar-refractivity contribution in [1.29, 1.82) is 0 Å². The lowest BCUT2D eigenvalue weighted by Gasteiger charge is -2.16. The summed E-state index contributed by atoms with van der Waals surface area (Å²) in [6, 6.07) is 12.7.